The fourth-order valence-electron chi connectivity index (χ4n) is 1.49. The second kappa shape index (κ2) is 6.60. The summed E-state index contributed by atoms with van der Waals surface area (Å²) in [5.74, 6) is -0.833. The Bertz CT molecular complexity index is 448. The first-order chi connectivity index (χ1) is 8.49. The Kier molecular flexibility index (Phi) is 5.12. The summed E-state index contributed by atoms with van der Waals surface area (Å²) in [6, 6.07) is 17.3. The van der Waals surface area contributed by atoms with Gasteiger partial charge in [-0.25, -0.2) is 0 Å². The molecular formula is C16H18O2. The second-order valence-corrected chi connectivity index (χ2v) is 4.25. The van der Waals surface area contributed by atoms with Crippen molar-refractivity contribution in [3.8, 4) is 11.1 Å². The van der Waals surface area contributed by atoms with Crippen molar-refractivity contribution in [3.05, 3.63) is 59.7 Å². The van der Waals surface area contributed by atoms with E-state index >= 15 is 0 Å². The fourth-order valence-corrected chi connectivity index (χ4v) is 1.49. The van der Waals surface area contributed by atoms with Gasteiger partial charge in [-0.05, 0) is 25.0 Å². The van der Waals surface area contributed by atoms with Gasteiger partial charge in [0, 0.05) is 6.92 Å². The van der Waals surface area contributed by atoms with Gasteiger partial charge >= 0.3 is 0 Å². The highest BCUT2D eigenvalue weighted by Crippen LogP contribution is 2.19. The number of rotatable bonds is 1. The van der Waals surface area contributed by atoms with Crippen LogP contribution in [-0.4, -0.2) is 11.1 Å². The zero-order valence-corrected chi connectivity index (χ0v) is 11.0. The molecule has 0 saturated carbocycles. The summed E-state index contributed by atoms with van der Waals surface area (Å²) in [5, 5.41) is 7.42. The van der Waals surface area contributed by atoms with Gasteiger partial charge in [-0.1, -0.05) is 59.7 Å². The number of carboxylic acids is 1. The fraction of sp³-hybridized carbons (Fsp3) is 0.188. The lowest BCUT2D eigenvalue weighted by atomic mass is 10.0. The van der Waals surface area contributed by atoms with E-state index in [2.05, 4.69) is 62.4 Å². The van der Waals surface area contributed by atoms with Gasteiger partial charge in [0.15, 0.2) is 0 Å². The van der Waals surface area contributed by atoms with Gasteiger partial charge in [0.2, 0.25) is 0 Å². The molecule has 1 N–H and O–H groups in total. The lowest BCUT2D eigenvalue weighted by molar-refractivity contribution is -0.134. The summed E-state index contributed by atoms with van der Waals surface area (Å²) in [6.45, 7) is 5.30. The smallest absolute Gasteiger partial charge is 0.300 e. The molecule has 18 heavy (non-hydrogen) atoms. The van der Waals surface area contributed by atoms with Gasteiger partial charge in [0.1, 0.15) is 0 Å². The second-order valence-electron chi connectivity index (χ2n) is 4.25. The predicted molar refractivity (Wildman–Crippen MR) is 74.7 cm³/mol. The summed E-state index contributed by atoms with van der Waals surface area (Å²) >= 11 is 0. The van der Waals surface area contributed by atoms with Gasteiger partial charge in [-0.3, -0.25) is 4.79 Å². The Morgan fingerprint density at radius 2 is 1.00 bits per heavy atom. The summed E-state index contributed by atoms with van der Waals surface area (Å²) in [6.07, 6.45) is 0. The first kappa shape index (κ1) is 14.0. The molecule has 2 aromatic rings. The van der Waals surface area contributed by atoms with Crippen LogP contribution in [-0.2, 0) is 4.79 Å². The average molecular weight is 242 g/mol. The van der Waals surface area contributed by atoms with Crippen molar-refractivity contribution in [1.29, 1.82) is 0 Å². The van der Waals surface area contributed by atoms with Crippen molar-refractivity contribution in [2.75, 3.05) is 0 Å². The van der Waals surface area contributed by atoms with E-state index in [4.69, 9.17) is 9.90 Å². The molecule has 94 valence electrons. The van der Waals surface area contributed by atoms with Gasteiger partial charge in [0.05, 0.1) is 0 Å². The van der Waals surface area contributed by atoms with E-state index in [1.807, 2.05) is 0 Å². The van der Waals surface area contributed by atoms with Gasteiger partial charge in [-0.2, -0.15) is 0 Å². The maximum atomic E-state index is 9.00. The third-order valence-corrected chi connectivity index (χ3v) is 2.44. The van der Waals surface area contributed by atoms with E-state index in [0.29, 0.717) is 0 Å². The van der Waals surface area contributed by atoms with Crippen LogP contribution in [0.3, 0.4) is 0 Å². The van der Waals surface area contributed by atoms with Crippen molar-refractivity contribution < 1.29 is 9.90 Å². The molecule has 0 spiro atoms. The normalized spacial score (nSPS) is 9.28. The van der Waals surface area contributed by atoms with Crippen LogP contribution in [0.1, 0.15) is 18.1 Å². The molecule has 0 saturated heterocycles. The largest absolute Gasteiger partial charge is 0.481 e. The van der Waals surface area contributed by atoms with E-state index in [1.54, 1.807) is 0 Å². The van der Waals surface area contributed by atoms with E-state index in [0.717, 1.165) is 6.92 Å². The lowest BCUT2D eigenvalue weighted by Crippen LogP contribution is -1.78. The van der Waals surface area contributed by atoms with Gasteiger partial charge in [0.25, 0.3) is 5.97 Å². The first-order valence-electron chi connectivity index (χ1n) is 5.82. The van der Waals surface area contributed by atoms with Crippen LogP contribution in [0.5, 0.6) is 0 Å². The summed E-state index contributed by atoms with van der Waals surface area (Å²) in [5.41, 5.74) is 5.19. The molecule has 2 nitrogen and oxygen atoms in total. The van der Waals surface area contributed by atoms with Crippen molar-refractivity contribution >= 4 is 5.97 Å². The van der Waals surface area contributed by atoms with Crippen LogP contribution in [0.15, 0.2) is 48.5 Å². The SMILES string of the molecule is CC(=O)O.Cc1ccc(-c2ccc(C)cc2)cc1. The molecule has 0 aliphatic carbocycles. The molecule has 2 heteroatoms. The van der Waals surface area contributed by atoms with E-state index < -0.39 is 5.97 Å². The highest BCUT2D eigenvalue weighted by Gasteiger charge is 1.95. The van der Waals surface area contributed by atoms with E-state index in [1.165, 1.54) is 22.3 Å². The minimum absolute atomic E-state index is 0.833. The number of aliphatic carboxylic acids is 1. The number of aryl methyl sites for hydroxylation is 2. The number of hydrogen-bond donors (Lipinski definition) is 1. The maximum absolute atomic E-state index is 9.00. The van der Waals surface area contributed by atoms with Crippen molar-refractivity contribution in [1.82, 2.24) is 0 Å². The van der Waals surface area contributed by atoms with Crippen LogP contribution in [0.2, 0.25) is 0 Å². The topological polar surface area (TPSA) is 37.3 Å². The highest BCUT2D eigenvalue weighted by atomic mass is 16.4. The van der Waals surface area contributed by atoms with Crippen LogP contribution in [0, 0.1) is 13.8 Å². The number of carboxylic acid groups (broad SMARTS) is 1. The number of benzene rings is 2. The van der Waals surface area contributed by atoms with Gasteiger partial charge in [-0.15, -0.1) is 0 Å². The van der Waals surface area contributed by atoms with Gasteiger partial charge < -0.3 is 5.11 Å². The summed E-state index contributed by atoms with van der Waals surface area (Å²) in [7, 11) is 0. The van der Waals surface area contributed by atoms with E-state index in [9.17, 15) is 0 Å². The van der Waals surface area contributed by atoms with Crippen LogP contribution in [0.25, 0.3) is 11.1 Å². The molecule has 0 heterocycles. The number of hydrogen-bond acceptors (Lipinski definition) is 1. The molecule has 2 aromatic carbocycles. The molecule has 0 fully saturated rings. The minimum atomic E-state index is -0.833. The monoisotopic (exact) mass is 242 g/mol. The Morgan fingerprint density at radius 3 is 1.22 bits per heavy atom. The van der Waals surface area contributed by atoms with Crippen LogP contribution in [0.4, 0.5) is 0 Å². The Balaban J connectivity index is 0.000000357. The molecule has 0 radical (unpaired) electrons. The van der Waals surface area contributed by atoms with Crippen molar-refractivity contribution in [3.63, 3.8) is 0 Å². The van der Waals surface area contributed by atoms with Crippen molar-refractivity contribution in [2.24, 2.45) is 0 Å². The van der Waals surface area contributed by atoms with Crippen LogP contribution >= 0.6 is 0 Å². The molecule has 0 aliphatic rings. The van der Waals surface area contributed by atoms with E-state index in [-0.39, 0.29) is 0 Å². The van der Waals surface area contributed by atoms with Crippen LogP contribution < -0.4 is 0 Å². The zero-order chi connectivity index (χ0) is 13.5. The quantitative estimate of drug-likeness (QED) is 0.818. The Morgan fingerprint density at radius 1 is 0.778 bits per heavy atom. The molecule has 0 amide bonds. The summed E-state index contributed by atoms with van der Waals surface area (Å²) in [4.78, 5) is 9.00. The molecular weight excluding hydrogens is 224 g/mol. The highest BCUT2D eigenvalue weighted by molar-refractivity contribution is 5.64. The Hall–Kier alpha value is -2.09. The average Bonchev–Trinajstić information content (AvgIpc) is 2.31. The third-order valence-electron chi connectivity index (χ3n) is 2.44. The lowest BCUT2D eigenvalue weighted by Gasteiger charge is -2.02. The predicted octanol–water partition coefficient (Wildman–Crippen LogP) is 4.06. The molecule has 0 aliphatic heterocycles. The molecule has 2 rings (SSSR count). The molecule has 0 bridgehead atoms. The summed E-state index contributed by atoms with van der Waals surface area (Å²) < 4.78 is 0. The molecule has 0 atom stereocenters. The maximum Gasteiger partial charge on any atom is 0.300 e. The van der Waals surface area contributed by atoms with Crippen molar-refractivity contribution in [2.45, 2.75) is 20.8 Å². The minimum Gasteiger partial charge on any atom is -0.481 e. The number of carbonyl (C=O) groups is 1. The Labute approximate surface area is 108 Å². The molecule has 0 unspecified atom stereocenters. The zero-order valence-electron chi connectivity index (χ0n) is 11.0. The standard InChI is InChI=1S/C14H14.C2H4O2/c1-11-3-7-13(8-4-11)14-9-5-12(2)6-10-14;1-2(3)4/h3-10H,1-2H3;1H3,(H,3,4). The molecule has 0 aromatic heterocycles. The first-order valence-corrected chi connectivity index (χ1v) is 5.82. The third kappa shape index (κ3) is 4.83.